The monoisotopic (exact) mass is 719 g/mol. The van der Waals surface area contributed by atoms with Crippen molar-refractivity contribution < 1.29 is 38.2 Å². The quantitative estimate of drug-likeness (QED) is 0.411. The van der Waals surface area contributed by atoms with E-state index in [1.807, 2.05) is 0 Å². The van der Waals surface area contributed by atoms with Gasteiger partial charge in [-0.2, -0.15) is 0 Å². The van der Waals surface area contributed by atoms with Gasteiger partial charge >= 0.3 is 253 Å². The minimum absolute atomic E-state index is 0. The number of hydrogen-bond acceptors (Lipinski definition) is 0. The van der Waals surface area contributed by atoms with Crippen LogP contribution < -0.4 is 24.8 Å². The first kappa shape index (κ1) is 35.1. The molecule has 2 aromatic heterocycles. The molecule has 4 fully saturated rings. The third kappa shape index (κ3) is 6.73. The average Bonchev–Trinajstić information content (AvgIpc) is 3.65. The summed E-state index contributed by atoms with van der Waals surface area (Å²) in [6, 6.07) is 2.50. The molecule has 4 aliphatic carbocycles. The van der Waals surface area contributed by atoms with Crippen LogP contribution in [0, 0.1) is 8.03 Å². The molecule has 0 radical (unpaired) electrons. The molecule has 0 atom stereocenters. The van der Waals surface area contributed by atoms with E-state index in [1.165, 1.54) is 128 Å². The maximum absolute atomic E-state index is 4.75. The van der Waals surface area contributed by atoms with Gasteiger partial charge in [0.25, 0.3) is 0 Å². The van der Waals surface area contributed by atoms with Crippen LogP contribution in [0.5, 0.6) is 0 Å². The van der Waals surface area contributed by atoms with Gasteiger partial charge in [0.05, 0.1) is 0 Å². The molecule has 0 spiro atoms. The predicted octanol–water partition coefficient (Wildman–Crippen LogP) is 4.64. The summed E-state index contributed by atoms with van der Waals surface area (Å²) in [6.45, 7) is 12.4. The van der Waals surface area contributed by atoms with Crippen molar-refractivity contribution in [1.82, 2.24) is 18.3 Å². The van der Waals surface area contributed by atoms with Crippen molar-refractivity contribution in [3.63, 3.8) is 0 Å². The normalized spacial score (nSPS) is 22.0. The molecule has 0 unspecified atom stereocenters. The number of hydrogen-bond donors (Lipinski definition) is 0. The van der Waals surface area contributed by atoms with Crippen molar-refractivity contribution in [2.75, 3.05) is 0 Å². The summed E-state index contributed by atoms with van der Waals surface area (Å²) in [6.07, 6.45) is 37.3. The summed E-state index contributed by atoms with van der Waals surface area (Å²) in [7, 11) is 0. The van der Waals surface area contributed by atoms with Crippen molar-refractivity contribution in [1.29, 1.82) is 0 Å². The van der Waals surface area contributed by atoms with Crippen LogP contribution in [0.2, 0.25) is 4.01 Å². The molecular weight excluding hydrogens is 660 g/mol. The van der Waals surface area contributed by atoms with E-state index < -0.39 is 13.4 Å². The molecule has 0 bridgehead atoms. The summed E-state index contributed by atoms with van der Waals surface area (Å²) < 4.78 is 18.9. The molecular formula is C36H59Cl2N4Ru. The zero-order valence-corrected chi connectivity index (χ0v) is 30.6. The van der Waals surface area contributed by atoms with Crippen molar-refractivity contribution >= 4 is 4.26 Å². The van der Waals surface area contributed by atoms with Gasteiger partial charge < -0.3 is 24.8 Å². The van der Waals surface area contributed by atoms with E-state index >= 15 is 0 Å². The predicted molar refractivity (Wildman–Crippen MR) is 170 cm³/mol. The van der Waals surface area contributed by atoms with Crippen LogP contribution in [-0.4, -0.2) is 22.5 Å². The van der Waals surface area contributed by atoms with Gasteiger partial charge in [0, 0.05) is 0 Å². The van der Waals surface area contributed by atoms with Crippen molar-refractivity contribution in [3.05, 3.63) is 39.4 Å². The Morgan fingerprint density at radius 1 is 0.512 bits per heavy atom. The van der Waals surface area contributed by atoms with Crippen LogP contribution in [0.3, 0.4) is 0 Å². The molecule has 6 rings (SSSR count). The fraction of sp³-hybridized carbons (Fsp3) is 0.778. The molecule has 43 heavy (non-hydrogen) atoms. The van der Waals surface area contributed by atoms with Crippen molar-refractivity contribution in [2.24, 2.45) is 0 Å². The number of rotatable bonds is 4. The molecule has 4 aliphatic rings. The topological polar surface area (TPSA) is 19.7 Å². The molecule has 245 valence electrons. The van der Waals surface area contributed by atoms with Crippen molar-refractivity contribution in [3.8, 4) is 0 Å². The molecule has 0 aliphatic heterocycles. The van der Waals surface area contributed by atoms with Gasteiger partial charge in [0.15, 0.2) is 0 Å². The fourth-order valence-electron chi connectivity index (χ4n) is 8.69. The Morgan fingerprint density at radius 2 is 0.744 bits per heavy atom. The Balaban J connectivity index is 0.00000212. The number of imidazole rings is 2. The standard InChI is InChI=1S/2C15H24N2.C4H9.C2H2.2ClH.Ru/c2*1-3-7-14(8-4-1)16-11-12-17(13-16)15-9-5-2-6-10-15;1-4(2)3;1-2;;;/h2*11-12,14-15H,1-10H2;1-3H3;1H2;2*1H;/q;;;;;;+2/p-2. The van der Waals surface area contributed by atoms with Crippen LogP contribution in [-0.2, 0) is 13.4 Å². The van der Waals surface area contributed by atoms with Crippen molar-refractivity contribution in [2.45, 2.75) is 177 Å². The van der Waals surface area contributed by atoms with Crippen LogP contribution in [0.4, 0.5) is 0 Å². The van der Waals surface area contributed by atoms with E-state index in [0.717, 1.165) is 0 Å². The Bertz CT molecular complexity index is 1310. The first-order valence-corrected chi connectivity index (χ1v) is 20.9. The maximum atomic E-state index is 4.75. The third-order valence-electron chi connectivity index (χ3n) is 10.9. The molecule has 2 heterocycles. The summed E-state index contributed by atoms with van der Waals surface area (Å²) in [4.78, 5) is 0. The van der Waals surface area contributed by atoms with E-state index in [-0.39, 0.29) is 28.8 Å². The van der Waals surface area contributed by atoms with Crippen LogP contribution >= 0.6 is 0 Å². The van der Waals surface area contributed by atoms with E-state index in [4.69, 9.17) is 6.58 Å². The smallest absolute Gasteiger partial charge is 1.00 e. The second-order valence-electron chi connectivity index (χ2n) is 14.6. The molecule has 7 heteroatoms. The van der Waals surface area contributed by atoms with E-state index in [9.17, 15) is 0 Å². The Morgan fingerprint density at radius 3 is 0.930 bits per heavy atom. The second kappa shape index (κ2) is 15.2. The molecule has 4 saturated carbocycles. The minimum Gasteiger partial charge on any atom is -1.00 e. The molecule has 0 N–H and O–H groups in total. The van der Waals surface area contributed by atoms with E-state index in [2.05, 4.69) is 68.1 Å². The average molecular weight is 720 g/mol. The fourth-order valence-corrected chi connectivity index (χ4v) is 17.3. The van der Waals surface area contributed by atoms with Gasteiger partial charge in [-0.3, -0.25) is 0 Å². The summed E-state index contributed by atoms with van der Waals surface area (Å²) >= 11 is -3.14. The summed E-state index contributed by atoms with van der Waals surface area (Å²) in [5.41, 5.74) is 0. The third-order valence-corrected chi connectivity index (χ3v) is 19.9. The Hall–Kier alpha value is -0.727. The van der Waals surface area contributed by atoms with Gasteiger partial charge in [0.2, 0.25) is 0 Å². The first-order valence-electron chi connectivity index (χ1n) is 17.5. The van der Waals surface area contributed by atoms with E-state index in [1.54, 1.807) is 8.03 Å². The molecule has 0 aromatic carbocycles. The van der Waals surface area contributed by atoms with Gasteiger partial charge in [0.1, 0.15) is 0 Å². The maximum Gasteiger partial charge on any atom is -1.00 e. The largest absolute Gasteiger partial charge is 1.00 e. The summed E-state index contributed by atoms with van der Waals surface area (Å²) in [5, 5.41) is 0. The molecule has 2 aromatic rings. The SMILES string of the molecule is C=[C]=[Ru+2](=[c]1n(C2CCCCC2)ccn1C1CCCCC1)(=[c]1n(C2CCCCC2)ccn1C1CCCCC1)[C](C)(C)C.[Cl-].[Cl-]. The number of aromatic nitrogens is 4. The zero-order chi connectivity index (χ0) is 28.5. The van der Waals surface area contributed by atoms with Gasteiger partial charge in [-0.05, 0) is 0 Å². The second-order valence-corrected chi connectivity index (χ2v) is 22.0. The Labute approximate surface area is 276 Å². The zero-order valence-electron chi connectivity index (χ0n) is 27.4. The van der Waals surface area contributed by atoms with Crippen LogP contribution in [0.1, 0.15) is 173 Å². The van der Waals surface area contributed by atoms with Gasteiger partial charge in [-0.1, -0.05) is 0 Å². The Kier molecular flexibility index (Phi) is 12.5. The summed E-state index contributed by atoms with van der Waals surface area (Å²) in [5.74, 6) is 0. The number of nitrogens with zero attached hydrogens (tertiary/aromatic N) is 4. The van der Waals surface area contributed by atoms with Gasteiger partial charge in [-0.25, -0.2) is 0 Å². The number of halogens is 2. The molecule has 0 amide bonds. The van der Waals surface area contributed by atoms with E-state index in [0.29, 0.717) is 24.2 Å². The van der Waals surface area contributed by atoms with Crippen LogP contribution in [0.15, 0.2) is 31.4 Å². The first-order chi connectivity index (χ1) is 20.0. The van der Waals surface area contributed by atoms with Crippen LogP contribution in [0.25, 0.3) is 0 Å². The van der Waals surface area contributed by atoms with Gasteiger partial charge in [-0.15, -0.1) is 0 Å². The minimum atomic E-state index is -3.14. The molecule has 0 saturated heterocycles. The molecule has 4 nitrogen and oxygen atoms in total.